The van der Waals surface area contributed by atoms with E-state index >= 15 is 0 Å². The minimum atomic E-state index is -0.0164. The van der Waals surface area contributed by atoms with Crippen molar-refractivity contribution in [3.8, 4) is 5.75 Å². The molecule has 0 aliphatic heterocycles. The Kier molecular flexibility index (Phi) is 5.89. The zero-order valence-corrected chi connectivity index (χ0v) is 15.9. The maximum Gasteiger partial charge on any atom is 0.262 e. The van der Waals surface area contributed by atoms with E-state index in [0.717, 1.165) is 0 Å². The van der Waals surface area contributed by atoms with Crippen LogP contribution >= 0.6 is 35.0 Å². The Morgan fingerprint density at radius 1 is 1.20 bits per heavy atom. The molecule has 0 fully saturated rings. The van der Waals surface area contributed by atoms with Crippen LogP contribution in [0.15, 0.2) is 52.4 Å². The molecule has 0 saturated heterocycles. The van der Waals surface area contributed by atoms with E-state index in [1.54, 1.807) is 28.8 Å². The molecule has 0 N–H and O–H groups in total. The van der Waals surface area contributed by atoms with Crippen LogP contribution in [0.3, 0.4) is 0 Å². The zero-order valence-electron chi connectivity index (χ0n) is 13.5. The average Bonchev–Trinajstić information content (AvgIpc) is 2.60. The molecule has 4 nitrogen and oxygen atoms in total. The summed E-state index contributed by atoms with van der Waals surface area (Å²) in [6, 6.07) is 12.5. The molecular formula is C18H16Cl2N2O2S. The first-order chi connectivity index (χ1) is 12.1. The van der Waals surface area contributed by atoms with E-state index in [1.165, 1.54) is 11.8 Å². The molecule has 1 aromatic heterocycles. The first-order valence-electron chi connectivity index (χ1n) is 7.80. The summed E-state index contributed by atoms with van der Waals surface area (Å²) in [5, 5.41) is 2.38. The standard InChI is InChI=1S/C18H16Cl2N2O2S/c1-2-22-17(23)13-5-3-4-6-15(13)21-18(22)25-10-9-24-16-8-7-12(19)11-14(16)20/h3-8,11H,2,9-10H2,1H3. The molecule has 25 heavy (non-hydrogen) atoms. The van der Waals surface area contributed by atoms with Crippen LogP contribution in [0.25, 0.3) is 10.9 Å². The maximum atomic E-state index is 12.6. The highest BCUT2D eigenvalue weighted by Crippen LogP contribution is 2.27. The summed E-state index contributed by atoms with van der Waals surface area (Å²) in [5.41, 5.74) is 0.693. The third-order valence-corrected chi connectivity index (χ3v) is 5.08. The molecule has 3 aromatic rings. The Labute approximate surface area is 159 Å². The molecule has 0 radical (unpaired) electrons. The quantitative estimate of drug-likeness (QED) is 0.339. The number of rotatable bonds is 6. The number of hydrogen-bond acceptors (Lipinski definition) is 4. The van der Waals surface area contributed by atoms with Gasteiger partial charge in [-0.25, -0.2) is 4.98 Å². The van der Waals surface area contributed by atoms with E-state index in [-0.39, 0.29) is 5.56 Å². The summed E-state index contributed by atoms with van der Waals surface area (Å²) in [4.78, 5) is 17.2. The van der Waals surface area contributed by atoms with Crippen molar-refractivity contribution in [1.82, 2.24) is 9.55 Å². The van der Waals surface area contributed by atoms with E-state index in [1.807, 2.05) is 25.1 Å². The minimum Gasteiger partial charge on any atom is -0.491 e. The smallest absolute Gasteiger partial charge is 0.262 e. The van der Waals surface area contributed by atoms with Crippen molar-refractivity contribution >= 4 is 45.9 Å². The van der Waals surface area contributed by atoms with E-state index in [4.69, 9.17) is 27.9 Å². The van der Waals surface area contributed by atoms with Crippen molar-refractivity contribution in [1.29, 1.82) is 0 Å². The Balaban J connectivity index is 1.71. The lowest BCUT2D eigenvalue weighted by Gasteiger charge is -2.12. The van der Waals surface area contributed by atoms with E-state index in [9.17, 15) is 4.79 Å². The molecule has 0 saturated carbocycles. The summed E-state index contributed by atoms with van der Waals surface area (Å²) in [6.45, 7) is 2.95. The van der Waals surface area contributed by atoms with Gasteiger partial charge in [0, 0.05) is 17.3 Å². The van der Waals surface area contributed by atoms with Gasteiger partial charge in [-0.2, -0.15) is 0 Å². The van der Waals surface area contributed by atoms with E-state index in [0.29, 0.717) is 50.8 Å². The number of fused-ring (bicyclic) bond motifs is 1. The third-order valence-electron chi connectivity index (χ3n) is 3.61. The second-order valence-corrected chi connectivity index (χ2v) is 7.14. The number of thioether (sulfide) groups is 1. The van der Waals surface area contributed by atoms with Crippen LogP contribution < -0.4 is 10.3 Å². The van der Waals surface area contributed by atoms with Crippen molar-refractivity contribution < 1.29 is 4.74 Å². The molecule has 130 valence electrons. The Hall–Kier alpha value is -1.69. The van der Waals surface area contributed by atoms with Gasteiger partial charge >= 0.3 is 0 Å². The largest absolute Gasteiger partial charge is 0.491 e. The van der Waals surface area contributed by atoms with Crippen LogP contribution in [-0.2, 0) is 6.54 Å². The first-order valence-corrected chi connectivity index (χ1v) is 9.54. The summed E-state index contributed by atoms with van der Waals surface area (Å²) in [5.74, 6) is 1.23. The lowest BCUT2D eigenvalue weighted by molar-refractivity contribution is 0.344. The predicted octanol–water partition coefficient (Wildman–Crippen LogP) is 4.89. The van der Waals surface area contributed by atoms with Gasteiger partial charge in [-0.3, -0.25) is 9.36 Å². The number of para-hydroxylation sites is 1. The summed E-state index contributed by atoms with van der Waals surface area (Å²) >= 11 is 13.4. The molecule has 2 aromatic carbocycles. The first kappa shape index (κ1) is 18.1. The predicted molar refractivity (Wildman–Crippen MR) is 104 cm³/mol. The number of hydrogen-bond donors (Lipinski definition) is 0. The van der Waals surface area contributed by atoms with Crippen LogP contribution in [0, 0.1) is 0 Å². The molecule has 1 heterocycles. The molecule has 7 heteroatoms. The number of halogens is 2. The minimum absolute atomic E-state index is 0.0164. The van der Waals surface area contributed by atoms with Gasteiger partial charge in [-0.1, -0.05) is 47.1 Å². The summed E-state index contributed by atoms with van der Waals surface area (Å²) in [6.07, 6.45) is 0. The highest BCUT2D eigenvalue weighted by atomic mass is 35.5. The number of ether oxygens (including phenoxy) is 1. The van der Waals surface area contributed by atoms with Gasteiger partial charge in [0.25, 0.3) is 5.56 Å². The molecular weight excluding hydrogens is 379 g/mol. The molecule has 0 atom stereocenters. The third kappa shape index (κ3) is 4.11. The summed E-state index contributed by atoms with van der Waals surface area (Å²) < 4.78 is 7.36. The normalized spacial score (nSPS) is 11.0. The van der Waals surface area contributed by atoms with E-state index < -0.39 is 0 Å². The fraction of sp³-hybridized carbons (Fsp3) is 0.222. The Morgan fingerprint density at radius 2 is 2.00 bits per heavy atom. The SMILES string of the molecule is CCn1c(SCCOc2ccc(Cl)cc2Cl)nc2ccccc2c1=O. The van der Waals surface area contributed by atoms with E-state index in [2.05, 4.69) is 4.98 Å². The maximum absolute atomic E-state index is 12.6. The molecule has 0 aliphatic carbocycles. The Bertz CT molecular complexity index is 959. The highest BCUT2D eigenvalue weighted by Gasteiger charge is 2.10. The number of nitrogens with zero attached hydrogens (tertiary/aromatic N) is 2. The second-order valence-electron chi connectivity index (χ2n) is 5.23. The van der Waals surface area contributed by atoms with Crippen LogP contribution in [0.1, 0.15) is 6.92 Å². The second kappa shape index (κ2) is 8.13. The lowest BCUT2D eigenvalue weighted by atomic mass is 10.2. The molecule has 0 bridgehead atoms. The van der Waals surface area contributed by atoms with Crippen molar-refractivity contribution in [3.63, 3.8) is 0 Å². The molecule has 0 unspecified atom stereocenters. The van der Waals surface area contributed by atoms with Crippen LogP contribution in [0.2, 0.25) is 10.0 Å². The van der Waals surface area contributed by atoms with Crippen molar-refractivity contribution in [2.45, 2.75) is 18.6 Å². The lowest BCUT2D eigenvalue weighted by Crippen LogP contribution is -2.22. The van der Waals surface area contributed by atoms with Gasteiger partial charge in [0.15, 0.2) is 5.16 Å². The van der Waals surface area contributed by atoms with Crippen LogP contribution in [0.5, 0.6) is 5.75 Å². The van der Waals surface area contributed by atoms with Crippen molar-refractivity contribution in [2.75, 3.05) is 12.4 Å². The zero-order chi connectivity index (χ0) is 17.8. The van der Waals surface area contributed by atoms with Gasteiger partial charge < -0.3 is 4.74 Å². The molecule has 3 rings (SSSR count). The van der Waals surface area contributed by atoms with Crippen LogP contribution in [-0.4, -0.2) is 21.9 Å². The number of benzene rings is 2. The highest BCUT2D eigenvalue weighted by molar-refractivity contribution is 7.99. The van der Waals surface area contributed by atoms with Gasteiger partial charge in [0.2, 0.25) is 0 Å². The summed E-state index contributed by atoms with van der Waals surface area (Å²) in [7, 11) is 0. The topological polar surface area (TPSA) is 44.1 Å². The van der Waals surface area contributed by atoms with Gasteiger partial charge in [-0.15, -0.1) is 0 Å². The van der Waals surface area contributed by atoms with Gasteiger partial charge in [0.05, 0.1) is 22.5 Å². The molecule has 0 spiro atoms. The molecule has 0 amide bonds. The molecule has 0 aliphatic rings. The van der Waals surface area contributed by atoms with Crippen molar-refractivity contribution in [2.24, 2.45) is 0 Å². The Morgan fingerprint density at radius 3 is 2.76 bits per heavy atom. The average molecular weight is 395 g/mol. The monoisotopic (exact) mass is 394 g/mol. The van der Waals surface area contributed by atoms with Crippen molar-refractivity contribution in [3.05, 3.63) is 62.9 Å². The number of aromatic nitrogens is 2. The van der Waals surface area contributed by atoms with Gasteiger partial charge in [0.1, 0.15) is 5.75 Å². The fourth-order valence-electron chi connectivity index (χ4n) is 2.41. The van der Waals surface area contributed by atoms with Crippen LogP contribution in [0.4, 0.5) is 0 Å². The van der Waals surface area contributed by atoms with Gasteiger partial charge in [-0.05, 0) is 37.3 Å². The fourth-order valence-corrected chi connectivity index (χ4v) is 3.76.